The van der Waals surface area contributed by atoms with Crippen molar-refractivity contribution in [3.05, 3.63) is 35.9 Å². The lowest BCUT2D eigenvalue weighted by atomic mass is 9.94. The number of nitrogens with one attached hydrogen (secondary N) is 18. The first-order chi connectivity index (χ1) is 61.5. The lowest BCUT2D eigenvalue weighted by Crippen LogP contribution is -2.67. The van der Waals surface area contributed by atoms with E-state index in [9.17, 15) is 116 Å². The number of benzene rings is 1. The van der Waals surface area contributed by atoms with Gasteiger partial charge in [-0.05, 0) is 186 Å². The minimum absolute atomic E-state index is 0.00484. The molecule has 2 rings (SSSR count). The van der Waals surface area contributed by atoms with Crippen molar-refractivity contribution < 1.29 is 116 Å². The number of carbonyl (C=O) groups excluding carboxylic acids is 22. The lowest BCUT2D eigenvalue weighted by molar-refractivity contribution is -0.146. The quantitative estimate of drug-likeness (QED) is 0.0289. The molecule has 0 radical (unpaired) electrons. The molecule has 0 saturated carbocycles. The lowest BCUT2D eigenvalue weighted by Gasteiger charge is -2.35. The fourth-order valence-electron chi connectivity index (χ4n) is 13.4. The normalized spacial score (nSPS) is 15.8. The second-order valence-electron chi connectivity index (χ2n) is 38.4. The summed E-state index contributed by atoms with van der Waals surface area (Å²) in [5.41, 5.74) is 4.49. The van der Waals surface area contributed by atoms with E-state index in [0.29, 0.717) is 0 Å². The minimum atomic E-state index is -1.94. The molecule has 0 spiro atoms. The van der Waals surface area contributed by atoms with E-state index in [2.05, 4.69) is 95.7 Å². The van der Waals surface area contributed by atoms with Gasteiger partial charge in [-0.15, -0.1) is 0 Å². The summed E-state index contributed by atoms with van der Waals surface area (Å²) in [6, 6.07) is -7.80. The van der Waals surface area contributed by atoms with Crippen LogP contribution in [-0.2, 0) is 112 Å². The largest absolute Gasteiger partial charge is 0.394 e. The second-order valence-corrected chi connectivity index (χ2v) is 38.4. The fourth-order valence-corrected chi connectivity index (χ4v) is 13.4. The molecule has 1 fully saturated rings. The van der Waals surface area contributed by atoms with E-state index in [1.165, 1.54) is 130 Å². The minimum Gasteiger partial charge on any atom is -0.394 e. The number of nitrogens with two attached hydrogens (primary N) is 3. The molecule has 752 valence electrons. The van der Waals surface area contributed by atoms with Crippen LogP contribution in [0, 0.1) is 17.8 Å². The Morgan fingerprint density at radius 2 is 0.754 bits per heavy atom. The summed E-state index contributed by atoms with van der Waals surface area (Å²) in [6.07, 6.45) is -1.65. The first-order valence-electron chi connectivity index (χ1n) is 44.5. The molecular weight excluding hydrogens is 1750 g/mol. The fraction of sp³-hybridized carbons (Fsp3) is 0.682. The maximum absolute atomic E-state index is 14.6. The van der Waals surface area contributed by atoms with Crippen LogP contribution in [0.5, 0.6) is 0 Å². The summed E-state index contributed by atoms with van der Waals surface area (Å²) in [6.45, 7) is 31.6. The second kappa shape index (κ2) is 51.1. The monoisotopic (exact) mass is 1900 g/mol. The van der Waals surface area contributed by atoms with Crippen LogP contribution >= 0.6 is 0 Å². The van der Waals surface area contributed by atoms with Crippen molar-refractivity contribution in [3.63, 3.8) is 0 Å². The van der Waals surface area contributed by atoms with E-state index in [-0.39, 0.29) is 63.8 Å². The van der Waals surface area contributed by atoms with Gasteiger partial charge < -0.3 is 128 Å². The van der Waals surface area contributed by atoms with E-state index in [1.807, 2.05) is 0 Å². The van der Waals surface area contributed by atoms with Crippen LogP contribution in [-0.4, -0.2) is 276 Å². The van der Waals surface area contributed by atoms with E-state index >= 15 is 0 Å². The van der Waals surface area contributed by atoms with Crippen molar-refractivity contribution in [1.29, 1.82) is 0 Å². The van der Waals surface area contributed by atoms with Gasteiger partial charge in [0.1, 0.15) is 105 Å². The molecule has 26 N–H and O–H groups in total. The molecule has 22 amide bonds. The van der Waals surface area contributed by atoms with Gasteiger partial charge >= 0.3 is 0 Å². The van der Waals surface area contributed by atoms with Gasteiger partial charge in [0.15, 0.2) is 0 Å². The average Bonchev–Trinajstić information content (AvgIpc) is 1.69. The Morgan fingerprint density at radius 1 is 0.381 bits per heavy atom. The van der Waals surface area contributed by atoms with Crippen LogP contribution < -0.4 is 113 Å². The van der Waals surface area contributed by atoms with Crippen LogP contribution in [0.4, 0.5) is 0 Å². The Hall–Kier alpha value is -12.5. The third-order valence-electron chi connectivity index (χ3n) is 22.1. The van der Waals surface area contributed by atoms with Gasteiger partial charge in [-0.2, -0.15) is 0 Å². The molecule has 0 aliphatic carbocycles. The van der Waals surface area contributed by atoms with Crippen LogP contribution in [0.3, 0.4) is 0 Å². The number of aliphatic hydroxyl groups is 2. The third-order valence-corrected chi connectivity index (χ3v) is 22.1. The number of likely N-dealkylation sites (tertiary alicyclic amines) is 1. The van der Waals surface area contributed by atoms with Crippen LogP contribution in [0.2, 0.25) is 0 Å². The van der Waals surface area contributed by atoms with Gasteiger partial charge in [0, 0.05) is 32.7 Å². The van der Waals surface area contributed by atoms with E-state index in [0.717, 1.165) is 5.56 Å². The molecule has 134 heavy (non-hydrogen) atoms. The number of nitrogens with zero attached hydrogens (tertiary/aromatic N) is 1. The molecule has 1 aromatic rings. The Balaban J connectivity index is 2.22. The zero-order valence-electron chi connectivity index (χ0n) is 81.5. The molecule has 0 aromatic heterocycles. The molecule has 13 atom stereocenters. The zero-order valence-corrected chi connectivity index (χ0v) is 81.5. The van der Waals surface area contributed by atoms with Gasteiger partial charge in [-0.25, -0.2) is 0 Å². The highest BCUT2D eigenvalue weighted by atomic mass is 16.3. The van der Waals surface area contributed by atoms with Gasteiger partial charge in [-0.1, -0.05) is 78.3 Å². The highest BCUT2D eigenvalue weighted by Gasteiger charge is 2.48. The number of hydrogen-bond acceptors (Lipinski definition) is 24. The number of hydrogen-bond donors (Lipinski definition) is 23. The van der Waals surface area contributed by atoms with Crippen LogP contribution in [0.15, 0.2) is 30.3 Å². The molecule has 1 heterocycles. The molecule has 1 aliphatic rings. The summed E-state index contributed by atoms with van der Waals surface area (Å²) in [7, 11) is 0. The molecular formula is C88H146N22O24. The summed E-state index contributed by atoms with van der Waals surface area (Å²) in [4.78, 5) is 300. The van der Waals surface area contributed by atoms with Crippen molar-refractivity contribution in [1.82, 2.24) is 101 Å². The highest BCUT2D eigenvalue weighted by Crippen LogP contribution is 2.25. The van der Waals surface area contributed by atoms with E-state index in [4.69, 9.17) is 17.2 Å². The number of aliphatic hydroxyl groups excluding tert-OH is 2. The average molecular weight is 1900 g/mol. The van der Waals surface area contributed by atoms with Gasteiger partial charge in [0.2, 0.25) is 130 Å². The van der Waals surface area contributed by atoms with Crippen molar-refractivity contribution in [2.75, 3.05) is 19.8 Å². The summed E-state index contributed by atoms with van der Waals surface area (Å²) < 4.78 is 0. The molecule has 46 nitrogen and oxygen atoms in total. The zero-order chi connectivity index (χ0) is 103. The predicted molar refractivity (Wildman–Crippen MR) is 488 cm³/mol. The number of primary amides is 3. The molecule has 46 heteroatoms. The van der Waals surface area contributed by atoms with Crippen molar-refractivity contribution in [2.24, 2.45) is 35.0 Å². The highest BCUT2D eigenvalue weighted by molar-refractivity contribution is 6.04. The molecule has 13 unspecified atom stereocenters. The van der Waals surface area contributed by atoms with Crippen molar-refractivity contribution >= 4 is 130 Å². The molecule has 1 saturated heterocycles. The first-order valence-corrected chi connectivity index (χ1v) is 44.5. The number of amides is 22. The molecule has 1 aliphatic heterocycles. The van der Waals surface area contributed by atoms with Crippen molar-refractivity contribution in [2.45, 2.75) is 348 Å². The first kappa shape index (κ1) is 118. The summed E-state index contributed by atoms with van der Waals surface area (Å²) in [5, 5.41) is 65.9. The maximum atomic E-state index is 14.6. The Labute approximate surface area is 781 Å². The van der Waals surface area contributed by atoms with Gasteiger partial charge in [0.25, 0.3) is 0 Å². The number of rotatable bonds is 54. The predicted octanol–water partition coefficient (Wildman–Crippen LogP) is -5.57. The van der Waals surface area contributed by atoms with Crippen molar-refractivity contribution in [3.8, 4) is 0 Å². The maximum Gasteiger partial charge on any atom is 0.248 e. The Bertz CT molecular complexity index is 4440. The topological polar surface area (TPSA) is 714 Å². The SMILES string of the molecule is CCC(C)C(NC(=O)C(C)(C)NC(=O)C(NC(=O)C1CCCN1C(=O)C(C)(C)NC(=O)C(CC(C)C)NC(=O)C(CO)NC(=O)C(C)NC(=O)C(C)(C)NC(=O)C(C)(C)NC(=O)C(CCC(N)=O)NC(=O)C(C)(C)NC(=O)C(C)(C)NC(=O)C(C)NC(=O)C(C)NC(=O)C(C)(C)NC(C)=O)C(C)C)C(=O)NC(CCC(N)=O)C(=O)NC(CCC(N)=O)C(=O)NC(CO)Cc1ccccc1. The Morgan fingerprint density at radius 3 is 1.20 bits per heavy atom. The number of carbonyl (C=O) groups is 22. The standard InChI is InChI=1S/C88H146N22O24/c1-25-46(6)63(73(126)97-54(34-37-60(90)115)68(121)96-53(33-36-59(89)114)67(120)95-52(42-111)41-51-30-27-26-28-31-51)102-78(131)83(13,14)107-74(127)62(45(4)5)101-72(125)58-32-29-39-110(58)81(134)88(23,24)106-71(124)56(40-44(2)3)98-69(122)57(43-112)99-65(118)48(8)94-76(129)84(15,16)108-80(133)87(21,22)105-70(123)55(35-38-61(91)116)100-77(130)85(17,18)109-79(132)86(19,20)104-66(119)49(9)92-64(117)47(7)93-75(128)82(11,12)103-50(10)113/h26-28,30-31,44-49,52-58,62-63,111-112H,25,29,32-43H2,1-24H3,(H2,89,114)(H2,90,115)(H2,91,116)(H,92,117)(H,93,128)(H,94,129)(H,95,120)(H,96,121)(H,97,126)(H,98,122)(H,99,118)(H,100,130)(H,101,125)(H,102,131)(H,103,113)(H,104,119)(H,105,123)(H,106,124)(H,107,127)(H,108,133)(H,109,132). The smallest absolute Gasteiger partial charge is 0.248 e. The van der Waals surface area contributed by atoms with Gasteiger partial charge in [0.05, 0.1) is 19.3 Å². The molecule has 0 bridgehead atoms. The van der Waals surface area contributed by atoms with Crippen LogP contribution in [0.1, 0.15) is 236 Å². The Kier molecular flexibility index (Phi) is 44.8. The van der Waals surface area contributed by atoms with E-state index in [1.54, 1.807) is 71.9 Å². The van der Waals surface area contributed by atoms with E-state index < -0.39 is 286 Å². The van der Waals surface area contributed by atoms with Gasteiger partial charge in [-0.3, -0.25) is 105 Å². The molecule has 1 aromatic carbocycles. The third kappa shape index (κ3) is 37.5. The summed E-state index contributed by atoms with van der Waals surface area (Å²) in [5.74, 6) is -21.1. The summed E-state index contributed by atoms with van der Waals surface area (Å²) >= 11 is 0. The van der Waals surface area contributed by atoms with Crippen LogP contribution in [0.25, 0.3) is 0 Å².